The molecule has 0 aliphatic heterocycles. The number of carboxylic acid groups (broad SMARTS) is 2. The van der Waals surface area contributed by atoms with E-state index in [1.165, 1.54) is 16.5 Å². The van der Waals surface area contributed by atoms with Crippen LogP contribution in [0.3, 0.4) is 0 Å². The Morgan fingerprint density at radius 2 is 1.67 bits per heavy atom. The molecule has 158 valence electrons. The number of likely N-dealkylation sites (N-methyl/N-ethyl adjacent to an activating group) is 1. The first-order valence-electron chi connectivity index (χ1n) is 9.39. The molecule has 0 spiro atoms. The zero-order chi connectivity index (χ0) is 21.9. The monoisotopic (exact) mass is 410 g/mol. The minimum Gasteiger partial charge on any atom is -0.489 e. The topological polar surface area (TPSA) is 92.0 Å². The van der Waals surface area contributed by atoms with E-state index in [0.717, 1.165) is 18.8 Å². The minimum absolute atomic E-state index is 0.558. The van der Waals surface area contributed by atoms with Crippen LogP contribution in [0.25, 0.3) is 10.9 Å². The third-order valence-corrected chi connectivity index (χ3v) is 4.15. The first-order chi connectivity index (χ1) is 14.3. The summed E-state index contributed by atoms with van der Waals surface area (Å²) in [5.74, 6) is -1.60. The molecule has 2 aromatic carbocycles. The van der Waals surface area contributed by atoms with Gasteiger partial charge >= 0.3 is 11.9 Å². The highest BCUT2D eigenvalue weighted by molar-refractivity contribution is 5.89. The van der Waals surface area contributed by atoms with Crippen LogP contribution in [0.2, 0.25) is 0 Å². The molecule has 0 aliphatic carbocycles. The number of carboxylic acids is 2. The van der Waals surface area contributed by atoms with E-state index in [1.54, 1.807) is 0 Å². The van der Waals surface area contributed by atoms with Gasteiger partial charge in [-0.05, 0) is 43.9 Å². The Hall–Kier alpha value is -3.58. The fraction of sp³-hybridized carbons (Fsp3) is 0.217. The van der Waals surface area contributed by atoms with Gasteiger partial charge in [-0.3, -0.25) is 0 Å². The Morgan fingerprint density at radius 1 is 1.00 bits per heavy atom. The second-order valence-corrected chi connectivity index (χ2v) is 6.82. The van der Waals surface area contributed by atoms with Crippen LogP contribution in [0, 0.1) is 0 Å². The summed E-state index contributed by atoms with van der Waals surface area (Å²) in [6, 6.07) is 18.7. The van der Waals surface area contributed by atoms with Gasteiger partial charge in [0.05, 0.1) is 0 Å². The molecule has 0 saturated heterocycles. The van der Waals surface area contributed by atoms with Gasteiger partial charge in [-0.25, -0.2) is 9.59 Å². The molecule has 0 unspecified atom stereocenters. The van der Waals surface area contributed by atoms with Gasteiger partial charge in [0.25, 0.3) is 0 Å². The Balaban J connectivity index is 0.000000343. The van der Waals surface area contributed by atoms with E-state index >= 15 is 0 Å². The fourth-order valence-corrected chi connectivity index (χ4v) is 2.65. The Kier molecular flexibility index (Phi) is 8.65. The number of nitrogens with zero attached hydrogens (tertiary/aromatic N) is 2. The summed E-state index contributed by atoms with van der Waals surface area (Å²) in [5, 5.41) is 16.9. The Labute approximate surface area is 175 Å². The first-order valence-corrected chi connectivity index (χ1v) is 9.39. The summed E-state index contributed by atoms with van der Waals surface area (Å²) >= 11 is 0. The van der Waals surface area contributed by atoms with Crippen molar-refractivity contribution in [3.05, 3.63) is 78.5 Å². The zero-order valence-corrected chi connectivity index (χ0v) is 17.1. The number of rotatable bonds is 8. The van der Waals surface area contributed by atoms with Crippen LogP contribution < -0.4 is 4.74 Å². The van der Waals surface area contributed by atoms with Gasteiger partial charge in [-0.1, -0.05) is 30.3 Å². The largest absolute Gasteiger partial charge is 0.489 e. The van der Waals surface area contributed by atoms with Crippen molar-refractivity contribution in [1.29, 1.82) is 0 Å². The second kappa shape index (κ2) is 11.4. The van der Waals surface area contributed by atoms with Crippen molar-refractivity contribution in [3.8, 4) is 5.75 Å². The lowest BCUT2D eigenvalue weighted by atomic mass is 10.2. The van der Waals surface area contributed by atoms with Crippen LogP contribution in [0.1, 0.15) is 5.56 Å². The lowest BCUT2D eigenvalue weighted by molar-refractivity contribution is -0.134. The highest BCUT2D eigenvalue weighted by Crippen LogP contribution is 2.22. The van der Waals surface area contributed by atoms with Crippen molar-refractivity contribution in [1.82, 2.24) is 9.47 Å². The first kappa shape index (κ1) is 22.7. The average molecular weight is 410 g/mol. The molecule has 7 heteroatoms. The summed E-state index contributed by atoms with van der Waals surface area (Å²) in [4.78, 5) is 21.3. The van der Waals surface area contributed by atoms with E-state index < -0.39 is 11.9 Å². The van der Waals surface area contributed by atoms with Gasteiger partial charge in [0, 0.05) is 42.3 Å². The number of fused-ring (bicyclic) bond motifs is 1. The molecule has 0 radical (unpaired) electrons. The van der Waals surface area contributed by atoms with Crippen molar-refractivity contribution in [2.24, 2.45) is 0 Å². The molecule has 0 atom stereocenters. The van der Waals surface area contributed by atoms with Crippen molar-refractivity contribution in [2.75, 3.05) is 20.6 Å². The summed E-state index contributed by atoms with van der Waals surface area (Å²) < 4.78 is 8.18. The van der Waals surface area contributed by atoms with Crippen molar-refractivity contribution in [3.63, 3.8) is 0 Å². The molecule has 1 aromatic heterocycles. The number of ether oxygens (including phenoxy) is 1. The normalized spacial score (nSPS) is 10.8. The second-order valence-electron chi connectivity index (χ2n) is 6.82. The lowest BCUT2D eigenvalue weighted by Crippen LogP contribution is -2.17. The van der Waals surface area contributed by atoms with E-state index in [4.69, 9.17) is 14.9 Å². The van der Waals surface area contributed by atoms with Crippen LogP contribution in [0.15, 0.2) is 72.9 Å². The van der Waals surface area contributed by atoms with Crippen molar-refractivity contribution >= 4 is 22.8 Å². The number of carbonyl (C=O) groups is 2. The molecule has 0 fully saturated rings. The molecule has 1 heterocycles. The maximum absolute atomic E-state index is 9.55. The summed E-state index contributed by atoms with van der Waals surface area (Å²) in [7, 11) is 4.20. The smallest absolute Gasteiger partial charge is 0.328 e. The number of aliphatic carboxylic acids is 2. The number of hydrogen-bond acceptors (Lipinski definition) is 4. The highest BCUT2D eigenvalue weighted by atomic mass is 16.5. The van der Waals surface area contributed by atoms with E-state index in [9.17, 15) is 9.59 Å². The van der Waals surface area contributed by atoms with Crippen LogP contribution in [-0.2, 0) is 22.7 Å². The number of hydrogen-bond donors (Lipinski definition) is 2. The average Bonchev–Trinajstić information content (AvgIpc) is 3.13. The zero-order valence-electron chi connectivity index (χ0n) is 17.1. The lowest BCUT2D eigenvalue weighted by Gasteiger charge is -2.11. The Morgan fingerprint density at radius 3 is 2.27 bits per heavy atom. The molecular formula is C23H26N2O5. The van der Waals surface area contributed by atoms with Gasteiger partial charge in [0.1, 0.15) is 12.4 Å². The van der Waals surface area contributed by atoms with Crippen LogP contribution in [0.4, 0.5) is 0 Å². The van der Waals surface area contributed by atoms with Gasteiger partial charge in [-0.2, -0.15) is 0 Å². The Bertz CT molecular complexity index is 977. The van der Waals surface area contributed by atoms with Crippen LogP contribution in [0.5, 0.6) is 5.75 Å². The predicted octanol–water partition coefficient (Wildman–Crippen LogP) is 3.49. The van der Waals surface area contributed by atoms with Gasteiger partial charge < -0.3 is 24.4 Å². The summed E-state index contributed by atoms with van der Waals surface area (Å²) in [6.45, 7) is 2.64. The van der Waals surface area contributed by atoms with Crippen molar-refractivity contribution < 1.29 is 24.5 Å². The SMILES string of the molecule is CN(C)CCn1ccc2cc(OCc3ccccc3)ccc21.O=C(O)/C=C/C(=O)O. The molecule has 30 heavy (non-hydrogen) atoms. The van der Waals surface area contributed by atoms with Gasteiger partial charge in [-0.15, -0.1) is 0 Å². The molecule has 3 rings (SSSR count). The highest BCUT2D eigenvalue weighted by Gasteiger charge is 2.04. The van der Waals surface area contributed by atoms with Crippen LogP contribution in [-0.4, -0.2) is 52.3 Å². The standard InChI is InChI=1S/C19H22N2O.C4H4O4/c1-20(2)12-13-21-11-10-17-14-18(8-9-19(17)21)22-15-16-6-4-3-5-7-16;5-3(6)1-2-4(7)8/h3-11,14H,12-13,15H2,1-2H3;1-2H,(H,5,6)(H,7,8)/b;2-1+. The summed E-state index contributed by atoms with van der Waals surface area (Å²) in [5.41, 5.74) is 2.44. The van der Waals surface area contributed by atoms with Gasteiger partial charge in [0.2, 0.25) is 0 Å². The van der Waals surface area contributed by atoms with Gasteiger partial charge in [0.15, 0.2) is 0 Å². The quantitative estimate of drug-likeness (QED) is 0.553. The number of aromatic nitrogens is 1. The van der Waals surface area contributed by atoms with E-state index in [-0.39, 0.29) is 0 Å². The van der Waals surface area contributed by atoms with Crippen LogP contribution >= 0.6 is 0 Å². The molecule has 2 N–H and O–H groups in total. The molecular weight excluding hydrogens is 384 g/mol. The van der Waals surface area contributed by atoms with E-state index in [0.29, 0.717) is 18.8 Å². The number of benzene rings is 2. The third kappa shape index (κ3) is 7.81. The van der Waals surface area contributed by atoms with E-state index in [1.807, 2.05) is 18.2 Å². The molecule has 0 saturated carbocycles. The third-order valence-electron chi connectivity index (χ3n) is 4.15. The predicted molar refractivity (Wildman–Crippen MR) is 116 cm³/mol. The maximum Gasteiger partial charge on any atom is 0.328 e. The molecule has 0 amide bonds. The molecule has 7 nitrogen and oxygen atoms in total. The fourth-order valence-electron chi connectivity index (χ4n) is 2.65. The minimum atomic E-state index is -1.26. The maximum atomic E-state index is 9.55. The van der Waals surface area contributed by atoms with E-state index in [2.05, 4.69) is 66.2 Å². The molecule has 3 aromatic rings. The summed E-state index contributed by atoms with van der Waals surface area (Å²) in [6.07, 6.45) is 3.26. The molecule has 0 aliphatic rings. The molecule has 0 bridgehead atoms. The van der Waals surface area contributed by atoms with Crippen molar-refractivity contribution in [2.45, 2.75) is 13.2 Å².